The van der Waals surface area contributed by atoms with Gasteiger partial charge in [-0.1, -0.05) is 12.1 Å². The molecule has 0 atom stereocenters. The van der Waals surface area contributed by atoms with E-state index in [0.717, 1.165) is 57.8 Å². The van der Waals surface area contributed by atoms with E-state index in [-0.39, 0.29) is 17.5 Å². The van der Waals surface area contributed by atoms with Crippen molar-refractivity contribution >= 4 is 22.6 Å². The molecule has 5 rings (SSSR count). The number of anilines is 1. The standard InChI is InChI=1S/C18H16FN3O.C7H13NO2/c19-12-7-8-15-14(11-12)18(22-9-3-4-10-22)21-17(20-15)13-5-1-2-6-16(13)23;8-7(9)5-6-1-3-10-4-2-6/h1-2,5-8,11,23H,3-4,9-10H2;6H,1-5H2,(H2,8,9). The number of hydrogen-bond acceptors (Lipinski definition) is 6. The van der Waals surface area contributed by atoms with Crippen molar-refractivity contribution in [2.45, 2.75) is 32.1 Å². The molecule has 0 radical (unpaired) electrons. The fourth-order valence-electron chi connectivity index (χ4n) is 4.27. The van der Waals surface area contributed by atoms with E-state index in [9.17, 15) is 14.3 Å². The summed E-state index contributed by atoms with van der Waals surface area (Å²) in [6.45, 7) is 3.39. The molecular formula is C25H29FN4O3. The number of aromatic hydroxyl groups is 1. The first kappa shape index (κ1) is 22.9. The molecule has 0 spiro atoms. The number of rotatable bonds is 4. The van der Waals surface area contributed by atoms with Gasteiger partial charge in [0.1, 0.15) is 17.4 Å². The van der Waals surface area contributed by atoms with Gasteiger partial charge in [-0.3, -0.25) is 4.79 Å². The molecule has 0 unspecified atom stereocenters. The fourth-order valence-corrected chi connectivity index (χ4v) is 4.27. The maximum Gasteiger partial charge on any atom is 0.217 e. The van der Waals surface area contributed by atoms with Crippen LogP contribution < -0.4 is 10.6 Å². The Bertz CT molecular complexity index is 1110. The van der Waals surface area contributed by atoms with E-state index in [1.54, 1.807) is 24.3 Å². The molecule has 0 saturated carbocycles. The third kappa shape index (κ3) is 5.76. The van der Waals surface area contributed by atoms with Gasteiger partial charge in [0.15, 0.2) is 5.82 Å². The first-order valence-corrected chi connectivity index (χ1v) is 11.4. The quantitative estimate of drug-likeness (QED) is 0.620. The van der Waals surface area contributed by atoms with Gasteiger partial charge >= 0.3 is 0 Å². The molecule has 1 aromatic heterocycles. The number of nitrogens with two attached hydrogens (primary N) is 1. The SMILES string of the molecule is NC(=O)CC1CCOCC1.Oc1ccccc1-c1nc(N2CCCC2)c2cc(F)ccc2n1. The molecule has 33 heavy (non-hydrogen) atoms. The van der Waals surface area contributed by atoms with Crippen LogP contribution in [0.3, 0.4) is 0 Å². The molecule has 174 valence electrons. The minimum absolute atomic E-state index is 0.140. The van der Waals surface area contributed by atoms with Gasteiger partial charge in [0.2, 0.25) is 5.91 Å². The van der Waals surface area contributed by atoms with E-state index in [4.69, 9.17) is 10.5 Å². The lowest BCUT2D eigenvalue weighted by Gasteiger charge is -2.20. The molecule has 8 heteroatoms. The summed E-state index contributed by atoms with van der Waals surface area (Å²) in [6, 6.07) is 11.5. The van der Waals surface area contributed by atoms with Crippen molar-refractivity contribution in [3.8, 4) is 17.1 Å². The van der Waals surface area contributed by atoms with Crippen LogP contribution in [0.2, 0.25) is 0 Å². The van der Waals surface area contributed by atoms with Crippen LogP contribution in [0.5, 0.6) is 5.75 Å². The molecule has 1 amide bonds. The van der Waals surface area contributed by atoms with Crippen LogP contribution in [0.25, 0.3) is 22.3 Å². The third-order valence-electron chi connectivity index (χ3n) is 6.02. The number of carbonyl (C=O) groups excluding carboxylic acids is 1. The molecule has 2 saturated heterocycles. The molecule has 2 aliphatic heterocycles. The molecule has 0 bridgehead atoms. The number of amides is 1. The van der Waals surface area contributed by atoms with Crippen LogP contribution in [0.15, 0.2) is 42.5 Å². The van der Waals surface area contributed by atoms with Crippen LogP contribution in [-0.4, -0.2) is 47.3 Å². The van der Waals surface area contributed by atoms with Crippen molar-refractivity contribution in [3.63, 3.8) is 0 Å². The van der Waals surface area contributed by atoms with Crippen LogP contribution in [0.1, 0.15) is 32.1 Å². The van der Waals surface area contributed by atoms with Gasteiger partial charge in [0, 0.05) is 38.1 Å². The lowest BCUT2D eigenvalue weighted by atomic mass is 9.96. The van der Waals surface area contributed by atoms with Crippen molar-refractivity contribution in [3.05, 3.63) is 48.3 Å². The van der Waals surface area contributed by atoms with E-state index in [1.807, 2.05) is 6.07 Å². The predicted octanol–water partition coefficient (Wildman–Crippen LogP) is 4.03. The number of hydrogen-bond donors (Lipinski definition) is 2. The number of halogens is 1. The van der Waals surface area contributed by atoms with Gasteiger partial charge in [0.05, 0.1) is 11.1 Å². The molecule has 3 aromatic rings. The minimum atomic E-state index is -0.295. The Labute approximate surface area is 192 Å². The lowest BCUT2D eigenvalue weighted by molar-refractivity contribution is -0.119. The fraction of sp³-hybridized carbons (Fsp3) is 0.400. The zero-order valence-corrected chi connectivity index (χ0v) is 18.5. The first-order chi connectivity index (χ1) is 16.0. The van der Waals surface area contributed by atoms with Crippen LogP contribution in [0, 0.1) is 11.7 Å². The van der Waals surface area contributed by atoms with Crippen molar-refractivity contribution < 1.29 is 19.0 Å². The van der Waals surface area contributed by atoms with Crippen molar-refractivity contribution in [2.24, 2.45) is 11.7 Å². The number of phenols is 1. The second-order valence-corrected chi connectivity index (χ2v) is 8.47. The maximum absolute atomic E-state index is 13.7. The average molecular weight is 453 g/mol. The summed E-state index contributed by atoms with van der Waals surface area (Å²) in [4.78, 5) is 21.8. The van der Waals surface area contributed by atoms with Gasteiger partial charge in [-0.15, -0.1) is 0 Å². The summed E-state index contributed by atoms with van der Waals surface area (Å²) < 4.78 is 18.8. The highest BCUT2D eigenvalue weighted by atomic mass is 19.1. The smallest absolute Gasteiger partial charge is 0.217 e. The number of fused-ring (bicyclic) bond motifs is 1. The zero-order chi connectivity index (χ0) is 23.2. The highest BCUT2D eigenvalue weighted by Gasteiger charge is 2.20. The normalized spacial score (nSPS) is 16.5. The Morgan fingerprint density at radius 1 is 1.12 bits per heavy atom. The number of para-hydroxylation sites is 1. The lowest BCUT2D eigenvalue weighted by Crippen LogP contribution is -2.22. The number of aromatic nitrogens is 2. The highest BCUT2D eigenvalue weighted by Crippen LogP contribution is 2.33. The Morgan fingerprint density at radius 3 is 2.55 bits per heavy atom. The largest absolute Gasteiger partial charge is 0.507 e. The number of primary amides is 1. The van der Waals surface area contributed by atoms with Gasteiger partial charge in [0.25, 0.3) is 0 Å². The Balaban J connectivity index is 0.000000219. The highest BCUT2D eigenvalue weighted by molar-refractivity contribution is 5.91. The second-order valence-electron chi connectivity index (χ2n) is 8.47. The number of ether oxygens (including phenoxy) is 1. The number of benzene rings is 2. The van der Waals surface area contributed by atoms with E-state index < -0.39 is 0 Å². The third-order valence-corrected chi connectivity index (χ3v) is 6.02. The van der Waals surface area contributed by atoms with Gasteiger partial charge in [-0.05, 0) is 61.9 Å². The van der Waals surface area contributed by atoms with E-state index >= 15 is 0 Å². The molecule has 2 aliphatic rings. The van der Waals surface area contributed by atoms with E-state index in [1.165, 1.54) is 12.1 Å². The molecule has 3 N–H and O–H groups in total. The summed E-state index contributed by atoms with van der Waals surface area (Å²) in [5.74, 6) is 1.34. The zero-order valence-electron chi connectivity index (χ0n) is 18.5. The topological polar surface area (TPSA) is 102 Å². The summed E-state index contributed by atoms with van der Waals surface area (Å²) in [5, 5.41) is 10.8. The Kier molecular flexibility index (Phi) is 7.34. The molecule has 3 heterocycles. The van der Waals surface area contributed by atoms with Crippen molar-refractivity contribution in [1.82, 2.24) is 9.97 Å². The van der Waals surface area contributed by atoms with Crippen LogP contribution >= 0.6 is 0 Å². The van der Waals surface area contributed by atoms with Crippen molar-refractivity contribution in [2.75, 3.05) is 31.2 Å². The van der Waals surface area contributed by atoms with Gasteiger partial charge < -0.3 is 20.5 Å². The summed E-state index contributed by atoms with van der Waals surface area (Å²) in [5.41, 5.74) is 6.31. The average Bonchev–Trinajstić information content (AvgIpc) is 3.34. The molecule has 2 fully saturated rings. The molecule has 2 aromatic carbocycles. The Hall–Kier alpha value is -3.26. The summed E-state index contributed by atoms with van der Waals surface area (Å²) >= 11 is 0. The second kappa shape index (κ2) is 10.6. The van der Waals surface area contributed by atoms with E-state index in [2.05, 4.69) is 14.9 Å². The molecule has 7 nitrogen and oxygen atoms in total. The van der Waals surface area contributed by atoms with Crippen LogP contribution in [0.4, 0.5) is 10.2 Å². The van der Waals surface area contributed by atoms with E-state index in [0.29, 0.717) is 34.6 Å². The monoisotopic (exact) mass is 452 g/mol. The minimum Gasteiger partial charge on any atom is -0.507 e. The van der Waals surface area contributed by atoms with Crippen LogP contribution in [-0.2, 0) is 9.53 Å². The summed E-state index contributed by atoms with van der Waals surface area (Å²) in [7, 11) is 0. The molecule has 0 aliphatic carbocycles. The predicted molar refractivity (Wildman–Crippen MR) is 125 cm³/mol. The summed E-state index contributed by atoms with van der Waals surface area (Å²) in [6.07, 6.45) is 4.72. The Morgan fingerprint density at radius 2 is 1.85 bits per heavy atom. The number of carbonyl (C=O) groups is 1. The molecular weight excluding hydrogens is 423 g/mol. The van der Waals surface area contributed by atoms with Gasteiger partial charge in [-0.25, -0.2) is 14.4 Å². The first-order valence-electron chi connectivity index (χ1n) is 11.4. The van der Waals surface area contributed by atoms with Crippen molar-refractivity contribution in [1.29, 1.82) is 0 Å². The van der Waals surface area contributed by atoms with Gasteiger partial charge in [-0.2, -0.15) is 0 Å². The number of nitrogens with zero attached hydrogens (tertiary/aromatic N) is 3. The number of phenolic OH excluding ortho intramolecular Hbond substituents is 1. The maximum atomic E-state index is 13.7.